The minimum Gasteiger partial charge on any atom is -0.379 e. The Kier molecular flexibility index (Phi) is 8.31. The lowest BCUT2D eigenvalue weighted by molar-refractivity contribution is 0.0195. The molecule has 3 heterocycles. The number of hydrogen-bond donors (Lipinski definition) is 1. The standard InChI is InChI=1S/C21H30N6O.HI/c1-2-22-21(26-9-8-20(17-26)25-10-12-28-13-11-25)23-14-18-15-24-27(16-18)19-6-4-3-5-7-19;/h3-7,15-16,20H,2,8-14,17H2,1H3,(H,22,23);1H. The highest BCUT2D eigenvalue weighted by molar-refractivity contribution is 14.0. The van der Waals surface area contributed by atoms with E-state index in [1.54, 1.807) is 0 Å². The topological polar surface area (TPSA) is 57.9 Å². The van der Waals surface area contributed by atoms with E-state index in [4.69, 9.17) is 9.73 Å². The molecule has 0 bridgehead atoms. The number of morpholine rings is 1. The molecular formula is C21H31IN6O. The van der Waals surface area contributed by atoms with Crippen molar-refractivity contribution in [1.29, 1.82) is 0 Å². The molecule has 0 amide bonds. The highest BCUT2D eigenvalue weighted by atomic mass is 127. The lowest BCUT2D eigenvalue weighted by Crippen LogP contribution is -2.46. The number of halogens is 1. The fourth-order valence-corrected chi connectivity index (χ4v) is 3.93. The fraction of sp³-hybridized carbons (Fsp3) is 0.524. The number of hydrogen-bond acceptors (Lipinski definition) is 4. The summed E-state index contributed by atoms with van der Waals surface area (Å²) in [5.74, 6) is 1.01. The van der Waals surface area contributed by atoms with Gasteiger partial charge in [-0.15, -0.1) is 24.0 Å². The summed E-state index contributed by atoms with van der Waals surface area (Å²) < 4.78 is 7.40. The van der Waals surface area contributed by atoms with Gasteiger partial charge in [0.25, 0.3) is 0 Å². The first-order chi connectivity index (χ1) is 13.8. The average molecular weight is 510 g/mol. The fourth-order valence-electron chi connectivity index (χ4n) is 3.93. The first-order valence-corrected chi connectivity index (χ1v) is 10.3. The molecule has 1 aromatic carbocycles. The van der Waals surface area contributed by atoms with Gasteiger partial charge in [0.2, 0.25) is 0 Å². The second kappa shape index (κ2) is 10.9. The van der Waals surface area contributed by atoms with E-state index < -0.39 is 0 Å². The summed E-state index contributed by atoms with van der Waals surface area (Å²) in [6.07, 6.45) is 5.15. The molecule has 0 saturated carbocycles. The molecule has 8 heteroatoms. The Morgan fingerprint density at radius 1 is 1.21 bits per heavy atom. The summed E-state index contributed by atoms with van der Waals surface area (Å²) in [4.78, 5) is 9.85. The van der Waals surface area contributed by atoms with Crippen molar-refractivity contribution in [3.8, 4) is 5.69 Å². The van der Waals surface area contributed by atoms with Crippen molar-refractivity contribution in [3.05, 3.63) is 48.3 Å². The predicted molar refractivity (Wildman–Crippen MR) is 126 cm³/mol. The van der Waals surface area contributed by atoms with Gasteiger partial charge in [-0.1, -0.05) is 18.2 Å². The third-order valence-electron chi connectivity index (χ3n) is 5.43. The molecule has 2 aliphatic rings. The maximum absolute atomic E-state index is 5.49. The number of aliphatic imine (C=N–C) groups is 1. The van der Waals surface area contributed by atoms with Crippen LogP contribution in [0.3, 0.4) is 0 Å². The number of para-hydroxylation sites is 1. The van der Waals surface area contributed by atoms with Crippen LogP contribution in [0, 0.1) is 0 Å². The van der Waals surface area contributed by atoms with E-state index in [0.717, 1.165) is 63.1 Å². The van der Waals surface area contributed by atoms with Gasteiger partial charge in [0, 0.05) is 50.5 Å². The molecule has 1 N–H and O–H groups in total. The van der Waals surface area contributed by atoms with Gasteiger partial charge in [0.15, 0.2) is 5.96 Å². The molecule has 1 aromatic heterocycles. The van der Waals surface area contributed by atoms with Crippen LogP contribution in [0.1, 0.15) is 18.9 Å². The number of nitrogens with zero attached hydrogens (tertiary/aromatic N) is 5. The third-order valence-corrected chi connectivity index (χ3v) is 5.43. The molecule has 0 spiro atoms. The summed E-state index contributed by atoms with van der Waals surface area (Å²) in [5, 5.41) is 7.94. The van der Waals surface area contributed by atoms with Gasteiger partial charge in [-0.2, -0.15) is 5.10 Å². The van der Waals surface area contributed by atoms with E-state index in [2.05, 4.69) is 45.5 Å². The van der Waals surface area contributed by atoms with Crippen LogP contribution in [0.4, 0.5) is 0 Å². The summed E-state index contributed by atoms with van der Waals surface area (Å²) >= 11 is 0. The zero-order valence-electron chi connectivity index (χ0n) is 17.0. The second-order valence-corrected chi connectivity index (χ2v) is 7.34. The second-order valence-electron chi connectivity index (χ2n) is 7.34. The van der Waals surface area contributed by atoms with Crippen LogP contribution >= 0.6 is 24.0 Å². The Balaban J connectivity index is 0.00000240. The number of ether oxygens (including phenoxy) is 1. The highest BCUT2D eigenvalue weighted by Gasteiger charge is 2.30. The number of aromatic nitrogens is 2. The van der Waals surface area contributed by atoms with Crippen molar-refractivity contribution in [2.45, 2.75) is 25.9 Å². The molecule has 1 atom stereocenters. The zero-order valence-corrected chi connectivity index (χ0v) is 19.4. The summed E-state index contributed by atoms with van der Waals surface area (Å²) in [5.41, 5.74) is 2.18. The number of likely N-dealkylation sites (tertiary alicyclic amines) is 1. The smallest absolute Gasteiger partial charge is 0.194 e. The molecular weight excluding hydrogens is 479 g/mol. The first kappa shape index (κ1) is 22.0. The number of guanidine groups is 1. The van der Waals surface area contributed by atoms with E-state index in [1.807, 2.05) is 29.1 Å². The Hall–Kier alpha value is -1.65. The number of nitrogens with one attached hydrogen (secondary N) is 1. The van der Waals surface area contributed by atoms with E-state index in [0.29, 0.717) is 12.6 Å². The van der Waals surface area contributed by atoms with Crippen molar-refractivity contribution in [1.82, 2.24) is 24.9 Å². The Bertz CT molecular complexity index is 774. The Morgan fingerprint density at radius 2 is 2.00 bits per heavy atom. The number of rotatable bonds is 5. The first-order valence-electron chi connectivity index (χ1n) is 10.3. The maximum Gasteiger partial charge on any atom is 0.194 e. The molecule has 2 aromatic rings. The molecule has 0 radical (unpaired) electrons. The van der Waals surface area contributed by atoms with Crippen LogP contribution in [0.25, 0.3) is 5.69 Å². The lowest BCUT2D eigenvalue weighted by atomic mass is 10.2. The van der Waals surface area contributed by atoms with Crippen molar-refractivity contribution in [2.75, 3.05) is 45.9 Å². The van der Waals surface area contributed by atoms with Crippen molar-refractivity contribution in [3.63, 3.8) is 0 Å². The van der Waals surface area contributed by atoms with Gasteiger partial charge in [0.05, 0.1) is 31.6 Å². The zero-order chi connectivity index (χ0) is 19.2. The van der Waals surface area contributed by atoms with Gasteiger partial charge in [-0.25, -0.2) is 9.67 Å². The lowest BCUT2D eigenvalue weighted by Gasteiger charge is -2.32. The van der Waals surface area contributed by atoms with Gasteiger partial charge >= 0.3 is 0 Å². The van der Waals surface area contributed by atoms with Crippen LogP contribution in [0.5, 0.6) is 0 Å². The van der Waals surface area contributed by atoms with Crippen LogP contribution in [0.2, 0.25) is 0 Å². The summed E-state index contributed by atoms with van der Waals surface area (Å²) in [7, 11) is 0. The molecule has 1 unspecified atom stereocenters. The van der Waals surface area contributed by atoms with Crippen LogP contribution in [-0.4, -0.2) is 77.5 Å². The van der Waals surface area contributed by atoms with Gasteiger partial charge in [-0.05, 0) is 25.5 Å². The minimum absolute atomic E-state index is 0. The SMILES string of the molecule is CCNC(=NCc1cnn(-c2ccccc2)c1)N1CCC(N2CCOCC2)C1.I. The largest absolute Gasteiger partial charge is 0.379 e. The molecule has 29 heavy (non-hydrogen) atoms. The molecule has 2 saturated heterocycles. The van der Waals surface area contributed by atoms with Gasteiger partial charge < -0.3 is 15.0 Å². The summed E-state index contributed by atoms with van der Waals surface area (Å²) in [6.45, 7) is 9.53. The Labute approximate surface area is 190 Å². The van der Waals surface area contributed by atoms with Crippen molar-refractivity contribution < 1.29 is 4.74 Å². The van der Waals surface area contributed by atoms with Gasteiger partial charge in [0.1, 0.15) is 0 Å². The quantitative estimate of drug-likeness (QED) is 0.381. The van der Waals surface area contributed by atoms with E-state index in [9.17, 15) is 0 Å². The predicted octanol–water partition coefficient (Wildman–Crippen LogP) is 2.36. The van der Waals surface area contributed by atoms with E-state index in [1.165, 1.54) is 6.42 Å². The highest BCUT2D eigenvalue weighted by Crippen LogP contribution is 2.17. The normalized spacial score (nSPS) is 20.5. The monoisotopic (exact) mass is 510 g/mol. The Morgan fingerprint density at radius 3 is 2.76 bits per heavy atom. The maximum atomic E-state index is 5.49. The van der Waals surface area contributed by atoms with Crippen LogP contribution < -0.4 is 5.32 Å². The van der Waals surface area contributed by atoms with Gasteiger partial charge in [-0.3, -0.25) is 4.90 Å². The van der Waals surface area contributed by atoms with Crippen molar-refractivity contribution in [2.24, 2.45) is 4.99 Å². The minimum atomic E-state index is 0. The van der Waals surface area contributed by atoms with E-state index in [-0.39, 0.29) is 24.0 Å². The average Bonchev–Trinajstić information content (AvgIpc) is 3.43. The van der Waals surface area contributed by atoms with Crippen molar-refractivity contribution >= 4 is 29.9 Å². The molecule has 2 fully saturated rings. The molecule has 0 aliphatic carbocycles. The van der Waals surface area contributed by atoms with Crippen LogP contribution in [-0.2, 0) is 11.3 Å². The number of benzene rings is 1. The molecule has 158 valence electrons. The summed E-state index contributed by atoms with van der Waals surface area (Å²) in [6, 6.07) is 10.8. The third kappa shape index (κ3) is 5.70. The molecule has 4 rings (SSSR count). The van der Waals surface area contributed by atoms with Crippen LogP contribution in [0.15, 0.2) is 47.7 Å². The molecule has 2 aliphatic heterocycles. The van der Waals surface area contributed by atoms with E-state index >= 15 is 0 Å². The molecule has 7 nitrogen and oxygen atoms in total.